The van der Waals surface area contributed by atoms with E-state index in [1.807, 2.05) is 19.1 Å². The van der Waals surface area contributed by atoms with E-state index < -0.39 is 0 Å². The molecular formula is C13H18N2O2. The highest BCUT2D eigenvalue weighted by Gasteiger charge is 2.41. The van der Waals surface area contributed by atoms with E-state index in [9.17, 15) is 4.79 Å². The minimum atomic E-state index is 0.0704. The standard InChI is InChI=1S/C13H18N2O2/c1-9-5-6-11(17-9)7-15-8-12(15)13(16)14-10-3-2-4-10/h5-6,10,12H,2-4,7-8H2,1H3,(H,14,16). The van der Waals surface area contributed by atoms with Crippen molar-refractivity contribution in [3.05, 3.63) is 23.7 Å². The summed E-state index contributed by atoms with van der Waals surface area (Å²) >= 11 is 0. The Labute approximate surface area is 101 Å². The van der Waals surface area contributed by atoms with Crippen molar-refractivity contribution in [1.82, 2.24) is 10.2 Å². The summed E-state index contributed by atoms with van der Waals surface area (Å²) in [5.41, 5.74) is 0. The maximum absolute atomic E-state index is 11.8. The number of hydrogen-bond donors (Lipinski definition) is 1. The number of carbonyl (C=O) groups excluding carboxylic acids is 1. The molecule has 1 aromatic heterocycles. The Kier molecular flexibility index (Phi) is 2.67. The third-order valence-corrected chi connectivity index (χ3v) is 3.62. The summed E-state index contributed by atoms with van der Waals surface area (Å²) in [5, 5.41) is 3.09. The Bertz CT molecular complexity index is 423. The monoisotopic (exact) mass is 234 g/mol. The van der Waals surface area contributed by atoms with Crippen molar-refractivity contribution in [1.29, 1.82) is 0 Å². The van der Waals surface area contributed by atoms with Gasteiger partial charge in [-0.25, -0.2) is 0 Å². The van der Waals surface area contributed by atoms with Gasteiger partial charge in [0, 0.05) is 12.6 Å². The fourth-order valence-electron chi connectivity index (χ4n) is 2.22. The summed E-state index contributed by atoms with van der Waals surface area (Å²) < 4.78 is 5.50. The minimum Gasteiger partial charge on any atom is -0.465 e. The average molecular weight is 234 g/mol. The van der Waals surface area contributed by atoms with Crippen molar-refractivity contribution in [3.63, 3.8) is 0 Å². The van der Waals surface area contributed by atoms with E-state index >= 15 is 0 Å². The zero-order chi connectivity index (χ0) is 11.8. The van der Waals surface area contributed by atoms with Gasteiger partial charge in [0.15, 0.2) is 0 Å². The van der Waals surface area contributed by atoms with E-state index in [4.69, 9.17) is 4.42 Å². The minimum absolute atomic E-state index is 0.0704. The zero-order valence-corrected chi connectivity index (χ0v) is 10.1. The Hall–Kier alpha value is -1.29. The van der Waals surface area contributed by atoms with Crippen LogP contribution >= 0.6 is 0 Å². The molecule has 92 valence electrons. The average Bonchev–Trinajstić information content (AvgIpc) is 2.88. The number of nitrogens with zero attached hydrogens (tertiary/aromatic N) is 1. The number of amides is 1. The van der Waals surface area contributed by atoms with Gasteiger partial charge in [-0.15, -0.1) is 0 Å². The van der Waals surface area contributed by atoms with Crippen molar-refractivity contribution in [2.24, 2.45) is 0 Å². The first-order valence-corrected chi connectivity index (χ1v) is 6.32. The van der Waals surface area contributed by atoms with Crippen LogP contribution in [0.15, 0.2) is 16.5 Å². The lowest BCUT2D eigenvalue weighted by atomic mass is 9.93. The molecule has 2 atom stereocenters. The number of rotatable bonds is 4. The predicted octanol–water partition coefficient (Wildman–Crippen LogP) is 1.44. The van der Waals surface area contributed by atoms with Gasteiger partial charge in [0.1, 0.15) is 17.6 Å². The van der Waals surface area contributed by atoms with E-state index in [2.05, 4.69) is 10.2 Å². The Morgan fingerprint density at radius 3 is 2.94 bits per heavy atom. The topological polar surface area (TPSA) is 45.2 Å². The van der Waals surface area contributed by atoms with Crippen molar-refractivity contribution >= 4 is 5.91 Å². The van der Waals surface area contributed by atoms with Crippen molar-refractivity contribution in [2.75, 3.05) is 6.54 Å². The van der Waals surface area contributed by atoms with Crippen molar-refractivity contribution < 1.29 is 9.21 Å². The molecule has 0 radical (unpaired) electrons. The second-order valence-electron chi connectivity index (χ2n) is 5.09. The molecule has 0 bridgehead atoms. The lowest BCUT2D eigenvalue weighted by Crippen LogP contribution is -2.42. The Morgan fingerprint density at radius 1 is 1.53 bits per heavy atom. The maximum atomic E-state index is 11.8. The fourth-order valence-corrected chi connectivity index (χ4v) is 2.22. The SMILES string of the molecule is Cc1ccc(CN2CC2C(=O)NC2CCC2)o1. The van der Waals surface area contributed by atoms with Crippen LogP contribution in [0.2, 0.25) is 0 Å². The molecule has 0 spiro atoms. The number of hydrogen-bond acceptors (Lipinski definition) is 3. The second-order valence-corrected chi connectivity index (χ2v) is 5.09. The quantitative estimate of drug-likeness (QED) is 0.802. The molecule has 2 unspecified atom stereocenters. The highest BCUT2D eigenvalue weighted by Crippen LogP contribution is 2.24. The van der Waals surface area contributed by atoms with Gasteiger partial charge >= 0.3 is 0 Å². The molecule has 0 aromatic carbocycles. The van der Waals surface area contributed by atoms with E-state index in [0.717, 1.165) is 37.5 Å². The van der Waals surface area contributed by atoms with Crippen LogP contribution in [-0.2, 0) is 11.3 Å². The summed E-state index contributed by atoms with van der Waals surface area (Å²) in [4.78, 5) is 14.0. The molecule has 1 aromatic rings. The molecule has 2 fully saturated rings. The number of aryl methyl sites for hydroxylation is 1. The smallest absolute Gasteiger partial charge is 0.238 e. The van der Waals surface area contributed by atoms with Crippen LogP contribution < -0.4 is 5.32 Å². The molecule has 1 saturated carbocycles. The van der Waals surface area contributed by atoms with E-state index in [1.54, 1.807) is 0 Å². The van der Waals surface area contributed by atoms with Crippen LogP contribution in [-0.4, -0.2) is 29.4 Å². The van der Waals surface area contributed by atoms with Crippen LogP contribution in [0.5, 0.6) is 0 Å². The van der Waals surface area contributed by atoms with Gasteiger partial charge in [-0.3, -0.25) is 9.69 Å². The molecule has 2 aliphatic rings. The van der Waals surface area contributed by atoms with Gasteiger partial charge < -0.3 is 9.73 Å². The number of carbonyl (C=O) groups is 1. The van der Waals surface area contributed by atoms with Gasteiger partial charge in [-0.2, -0.15) is 0 Å². The van der Waals surface area contributed by atoms with Crippen LogP contribution in [0, 0.1) is 6.92 Å². The fraction of sp³-hybridized carbons (Fsp3) is 0.615. The first-order chi connectivity index (χ1) is 8.22. The molecule has 1 amide bonds. The summed E-state index contributed by atoms with van der Waals surface area (Å²) in [6.07, 6.45) is 3.55. The molecule has 4 heteroatoms. The van der Waals surface area contributed by atoms with Crippen LogP contribution in [0.3, 0.4) is 0 Å². The Balaban J connectivity index is 1.47. The van der Waals surface area contributed by atoms with Crippen LogP contribution in [0.1, 0.15) is 30.8 Å². The lowest BCUT2D eigenvalue weighted by Gasteiger charge is -2.26. The molecule has 2 heterocycles. The highest BCUT2D eigenvalue weighted by atomic mass is 16.3. The first-order valence-electron chi connectivity index (χ1n) is 6.32. The van der Waals surface area contributed by atoms with Gasteiger partial charge in [-0.1, -0.05) is 0 Å². The molecule has 1 N–H and O–H groups in total. The highest BCUT2D eigenvalue weighted by molar-refractivity contribution is 5.84. The van der Waals surface area contributed by atoms with E-state index in [0.29, 0.717) is 6.04 Å². The lowest BCUT2D eigenvalue weighted by molar-refractivity contribution is -0.122. The largest absolute Gasteiger partial charge is 0.465 e. The normalized spacial score (nSPS) is 27.6. The summed E-state index contributed by atoms with van der Waals surface area (Å²) in [7, 11) is 0. The van der Waals surface area contributed by atoms with Crippen molar-refractivity contribution in [3.8, 4) is 0 Å². The molecule has 4 nitrogen and oxygen atoms in total. The molecule has 3 rings (SSSR count). The van der Waals surface area contributed by atoms with Crippen molar-refractivity contribution in [2.45, 2.75) is 44.8 Å². The predicted molar refractivity (Wildman–Crippen MR) is 63.4 cm³/mol. The second kappa shape index (κ2) is 4.18. The van der Waals surface area contributed by atoms with Gasteiger partial charge in [0.05, 0.1) is 6.54 Å². The number of nitrogens with one attached hydrogen (secondary N) is 1. The first kappa shape index (κ1) is 10.8. The van der Waals surface area contributed by atoms with Crippen LogP contribution in [0.4, 0.5) is 0 Å². The maximum Gasteiger partial charge on any atom is 0.238 e. The van der Waals surface area contributed by atoms with Gasteiger partial charge in [0.2, 0.25) is 5.91 Å². The Morgan fingerprint density at radius 2 is 2.35 bits per heavy atom. The van der Waals surface area contributed by atoms with E-state index in [1.165, 1.54) is 6.42 Å². The van der Waals surface area contributed by atoms with Crippen LogP contribution in [0.25, 0.3) is 0 Å². The summed E-state index contributed by atoms with van der Waals surface area (Å²) in [5.74, 6) is 2.07. The third-order valence-electron chi connectivity index (χ3n) is 3.62. The summed E-state index contributed by atoms with van der Waals surface area (Å²) in [6, 6.07) is 4.45. The van der Waals surface area contributed by atoms with Gasteiger partial charge in [-0.05, 0) is 38.3 Å². The molecule has 1 aliphatic carbocycles. The molecule has 17 heavy (non-hydrogen) atoms. The van der Waals surface area contributed by atoms with E-state index in [-0.39, 0.29) is 11.9 Å². The van der Waals surface area contributed by atoms with Gasteiger partial charge in [0.25, 0.3) is 0 Å². The summed E-state index contributed by atoms with van der Waals surface area (Å²) in [6.45, 7) is 3.54. The molecule has 1 aliphatic heterocycles. The molecule has 1 saturated heterocycles. The number of furan rings is 1. The zero-order valence-electron chi connectivity index (χ0n) is 10.1. The third kappa shape index (κ3) is 2.36. The molecular weight excluding hydrogens is 216 g/mol.